The summed E-state index contributed by atoms with van der Waals surface area (Å²) in [6.45, 7) is 4.53. The smallest absolute Gasteiger partial charge is 0.270 e. The van der Waals surface area contributed by atoms with Crippen molar-refractivity contribution in [3.8, 4) is 5.88 Å². The van der Waals surface area contributed by atoms with Crippen molar-refractivity contribution in [3.63, 3.8) is 0 Å². The molecule has 2 atom stereocenters. The maximum atomic E-state index is 12.7. The summed E-state index contributed by atoms with van der Waals surface area (Å²) in [5.41, 5.74) is 0.445. The molecule has 3 saturated heterocycles. The van der Waals surface area contributed by atoms with Crippen LogP contribution in [0.25, 0.3) is 10.1 Å². The van der Waals surface area contributed by atoms with Crippen LogP contribution >= 0.6 is 11.3 Å². The Hall–Kier alpha value is -1.66. The van der Waals surface area contributed by atoms with Crippen LogP contribution < -0.4 is 10.1 Å². The van der Waals surface area contributed by atoms with E-state index in [0.29, 0.717) is 23.5 Å². The predicted octanol–water partition coefficient (Wildman–Crippen LogP) is 2.52. The topological polar surface area (TPSA) is 54.5 Å². The molecular weight excluding hydrogens is 310 g/mol. The van der Waals surface area contributed by atoms with Crippen LogP contribution in [0.1, 0.15) is 30.3 Å². The Morgan fingerprint density at radius 2 is 2.22 bits per heavy atom. The Morgan fingerprint density at radius 3 is 2.91 bits per heavy atom. The van der Waals surface area contributed by atoms with Crippen molar-refractivity contribution in [2.45, 2.75) is 31.8 Å². The largest absolute Gasteiger partial charge is 0.481 e. The molecule has 5 nitrogen and oxygen atoms in total. The highest BCUT2D eigenvalue weighted by Gasteiger charge is 2.40. The van der Waals surface area contributed by atoms with Crippen LogP contribution in [0.2, 0.25) is 0 Å². The van der Waals surface area contributed by atoms with Crippen LogP contribution in [-0.2, 0) is 0 Å². The minimum absolute atomic E-state index is 0.0933. The highest BCUT2D eigenvalue weighted by Crippen LogP contribution is 2.33. The van der Waals surface area contributed by atoms with Gasteiger partial charge in [-0.25, -0.2) is 4.98 Å². The maximum Gasteiger partial charge on any atom is 0.270 e. The quantitative estimate of drug-likeness (QED) is 0.939. The van der Waals surface area contributed by atoms with Gasteiger partial charge in [0.2, 0.25) is 5.88 Å². The molecule has 3 fully saturated rings. The highest BCUT2D eigenvalue weighted by atomic mass is 32.1. The third-order valence-electron chi connectivity index (χ3n) is 5.32. The molecule has 2 unspecified atom stereocenters. The number of fused-ring (bicyclic) bond motifs is 4. The number of methoxy groups -OCH3 is 1. The molecule has 2 aromatic heterocycles. The average Bonchev–Trinajstić information content (AvgIpc) is 3.06. The first-order valence-corrected chi connectivity index (χ1v) is 9.02. The van der Waals surface area contributed by atoms with E-state index in [9.17, 15) is 4.79 Å². The number of hydrogen-bond donors (Lipinski definition) is 1. The zero-order valence-electron chi connectivity index (χ0n) is 13.4. The lowest BCUT2D eigenvalue weighted by molar-refractivity contribution is 0.0216. The fraction of sp³-hybridized carbons (Fsp3) is 0.529. The monoisotopic (exact) mass is 331 g/mol. The molecule has 0 spiro atoms. The van der Waals surface area contributed by atoms with Gasteiger partial charge in [-0.3, -0.25) is 9.69 Å². The molecule has 122 valence electrons. The average molecular weight is 331 g/mol. The second-order valence-electron chi connectivity index (χ2n) is 6.46. The van der Waals surface area contributed by atoms with Gasteiger partial charge >= 0.3 is 0 Å². The van der Waals surface area contributed by atoms with Crippen molar-refractivity contribution < 1.29 is 9.53 Å². The molecule has 0 radical (unpaired) electrons. The van der Waals surface area contributed by atoms with Gasteiger partial charge in [-0.15, -0.1) is 11.3 Å². The molecule has 2 aromatic rings. The van der Waals surface area contributed by atoms with Crippen LogP contribution in [0.3, 0.4) is 0 Å². The van der Waals surface area contributed by atoms with Gasteiger partial charge < -0.3 is 10.1 Å². The van der Waals surface area contributed by atoms with E-state index in [1.807, 2.05) is 17.5 Å². The van der Waals surface area contributed by atoms with Crippen molar-refractivity contribution >= 4 is 27.3 Å². The molecule has 0 saturated carbocycles. The lowest BCUT2D eigenvalue weighted by Crippen LogP contribution is -2.62. The van der Waals surface area contributed by atoms with Gasteiger partial charge in [0.15, 0.2) is 0 Å². The zero-order valence-corrected chi connectivity index (χ0v) is 14.2. The van der Waals surface area contributed by atoms with Crippen molar-refractivity contribution in [1.29, 1.82) is 0 Å². The molecule has 0 aromatic carbocycles. The Morgan fingerprint density at radius 1 is 1.43 bits per heavy atom. The number of carbonyl (C=O) groups is 1. The summed E-state index contributed by atoms with van der Waals surface area (Å²) in [4.78, 5) is 19.6. The van der Waals surface area contributed by atoms with Gasteiger partial charge in [0.05, 0.1) is 12.5 Å². The van der Waals surface area contributed by atoms with Crippen LogP contribution in [0.15, 0.2) is 17.5 Å². The molecule has 3 aliphatic heterocycles. The van der Waals surface area contributed by atoms with Crippen molar-refractivity contribution in [3.05, 3.63) is 23.2 Å². The number of thiophene rings is 1. The van der Waals surface area contributed by atoms with Crippen molar-refractivity contribution in [1.82, 2.24) is 15.2 Å². The van der Waals surface area contributed by atoms with E-state index in [4.69, 9.17) is 4.74 Å². The van der Waals surface area contributed by atoms with Crippen molar-refractivity contribution in [2.24, 2.45) is 5.92 Å². The molecule has 5 rings (SSSR count). The maximum absolute atomic E-state index is 12.7. The third kappa shape index (κ3) is 2.50. The lowest BCUT2D eigenvalue weighted by atomic mass is 9.79. The lowest BCUT2D eigenvalue weighted by Gasteiger charge is -2.49. The fourth-order valence-corrected chi connectivity index (χ4v) is 4.79. The summed E-state index contributed by atoms with van der Waals surface area (Å²) < 4.78 is 6.38. The number of rotatable bonds is 3. The zero-order chi connectivity index (χ0) is 16.0. The summed E-state index contributed by atoms with van der Waals surface area (Å²) in [6, 6.07) is 4.46. The molecular formula is C17H21N3O2S. The molecule has 2 bridgehead atoms. The molecule has 23 heavy (non-hydrogen) atoms. The molecule has 0 aliphatic carbocycles. The predicted molar refractivity (Wildman–Crippen MR) is 91.2 cm³/mol. The van der Waals surface area contributed by atoms with Crippen LogP contribution in [-0.4, -0.2) is 48.1 Å². The van der Waals surface area contributed by atoms with Gasteiger partial charge in [0.1, 0.15) is 5.69 Å². The first-order chi connectivity index (χ1) is 11.2. The summed E-state index contributed by atoms with van der Waals surface area (Å²) in [6.07, 6.45) is 2.35. The van der Waals surface area contributed by atoms with Crippen molar-refractivity contribution in [2.75, 3.05) is 20.2 Å². The van der Waals surface area contributed by atoms with Crippen LogP contribution in [0.4, 0.5) is 0 Å². The number of amides is 1. The number of nitrogens with zero attached hydrogens (tertiary/aromatic N) is 2. The second-order valence-corrected chi connectivity index (χ2v) is 7.41. The standard InChI is InChI=1S/C17H21N3O2S/c1-10-15(11-3-6-20(10)7-4-11)19-16(21)13-9-14-12(5-8-23-14)17(18-13)22-2/h5,8-11,15H,3-4,6-7H2,1-2H3,(H,19,21). The number of pyridine rings is 1. The van der Waals surface area contributed by atoms with Gasteiger partial charge in [0.25, 0.3) is 5.91 Å². The molecule has 1 amide bonds. The molecule has 1 N–H and O–H groups in total. The summed E-state index contributed by atoms with van der Waals surface area (Å²) in [5.74, 6) is 1.02. The van der Waals surface area contributed by atoms with Crippen LogP contribution in [0, 0.1) is 5.92 Å². The van der Waals surface area contributed by atoms with Gasteiger partial charge in [-0.1, -0.05) is 0 Å². The SMILES string of the molecule is COc1nc(C(=O)NC2C3CCN(CC3)C2C)cc2sccc12. The Labute approximate surface area is 139 Å². The van der Waals surface area contributed by atoms with E-state index < -0.39 is 0 Å². The number of aromatic nitrogens is 1. The van der Waals surface area contributed by atoms with E-state index in [-0.39, 0.29) is 11.9 Å². The first-order valence-electron chi connectivity index (χ1n) is 8.14. The first kappa shape index (κ1) is 14.9. The number of piperidine rings is 3. The van der Waals surface area contributed by atoms with E-state index in [0.717, 1.165) is 23.2 Å². The van der Waals surface area contributed by atoms with Gasteiger partial charge in [-0.05, 0) is 56.3 Å². The summed E-state index contributed by atoms with van der Waals surface area (Å²) in [7, 11) is 1.59. The molecule has 3 aliphatic rings. The second kappa shape index (κ2) is 5.76. The van der Waals surface area contributed by atoms with Gasteiger partial charge in [0, 0.05) is 16.8 Å². The Kier molecular flexibility index (Phi) is 3.73. The Bertz CT molecular complexity index is 735. The number of ether oxygens (including phenoxy) is 1. The fourth-order valence-electron chi connectivity index (χ4n) is 3.98. The van der Waals surface area contributed by atoms with E-state index >= 15 is 0 Å². The van der Waals surface area contributed by atoms with Gasteiger partial charge in [-0.2, -0.15) is 0 Å². The summed E-state index contributed by atoms with van der Waals surface area (Å²) in [5, 5.41) is 6.19. The minimum Gasteiger partial charge on any atom is -0.481 e. The number of carbonyl (C=O) groups excluding carboxylic acids is 1. The Balaban J connectivity index is 1.59. The van der Waals surface area contributed by atoms with E-state index in [2.05, 4.69) is 22.1 Å². The van der Waals surface area contributed by atoms with E-state index in [1.165, 1.54) is 12.8 Å². The molecule has 5 heterocycles. The third-order valence-corrected chi connectivity index (χ3v) is 6.18. The number of hydrogen-bond acceptors (Lipinski definition) is 5. The van der Waals surface area contributed by atoms with E-state index in [1.54, 1.807) is 18.4 Å². The minimum atomic E-state index is -0.0933. The number of nitrogens with one attached hydrogen (secondary N) is 1. The normalized spacial score (nSPS) is 29.7. The molecule has 6 heteroatoms. The van der Waals surface area contributed by atoms with Crippen LogP contribution in [0.5, 0.6) is 5.88 Å². The highest BCUT2D eigenvalue weighted by molar-refractivity contribution is 7.17. The summed E-state index contributed by atoms with van der Waals surface area (Å²) >= 11 is 1.60.